The van der Waals surface area contributed by atoms with Crippen LogP contribution >= 0.6 is 0 Å². The summed E-state index contributed by atoms with van der Waals surface area (Å²) in [5, 5.41) is 3.90. The molecule has 1 aliphatic rings. The predicted octanol–water partition coefficient (Wildman–Crippen LogP) is 4.99. The van der Waals surface area contributed by atoms with Gasteiger partial charge in [-0.3, -0.25) is 0 Å². The Bertz CT molecular complexity index is 631. The summed E-state index contributed by atoms with van der Waals surface area (Å²) in [7, 11) is 1.55. The highest BCUT2D eigenvalue weighted by Gasteiger charge is 2.25. The molecule has 5 heteroatoms. The highest BCUT2D eigenvalue weighted by Crippen LogP contribution is 2.32. The molecule has 2 atom stereocenters. The molecular formula is C22H33NO4. The minimum absolute atomic E-state index is 0.176. The summed E-state index contributed by atoms with van der Waals surface area (Å²) in [6.07, 6.45) is 8.50. The Balaban J connectivity index is 1.94. The van der Waals surface area contributed by atoms with Crippen molar-refractivity contribution < 1.29 is 19.0 Å². The zero-order chi connectivity index (χ0) is 19.6. The largest absolute Gasteiger partial charge is 0.490 e. The third kappa shape index (κ3) is 6.90. The van der Waals surface area contributed by atoms with E-state index in [-0.39, 0.29) is 12.2 Å². The monoisotopic (exact) mass is 375 g/mol. The van der Waals surface area contributed by atoms with Crippen LogP contribution in [0, 0.1) is 13.8 Å². The Hall–Kier alpha value is -2.01. The first-order valence-corrected chi connectivity index (χ1v) is 9.73. The maximum absolute atomic E-state index is 6.38. The minimum atomic E-state index is 0.176. The van der Waals surface area contributed by atoms with E-state index in [4.69, 9.17) is 19.0 Å². The number of hydrogen-bond acceptors (Lipinski definition) is 5. The van der Waals surface area contributed by atoms with E-state index in [1.54, 1.807) is 7.11 Å². The summed E-state index contributed by atoms with van der Waals surface area (Å²) in [5.41, 5.74) is 3.06. The number of allylic oxidation sites excluding steroid dienone is 1. The summed E-state index contributed by atoms with van der Waals surface area (Å²) in [5.74, 6) is 1.85. The fraction of sp³-hybridized carbons (Fsp3) is 0.591. The molecule has 0 aliphatic heterocycles. The summed E-state index contributed by atoms with van der Waals surface area (Å²) in [6, 6.07) is 4.10. The van der Waals surface area contributed by atoms with E-state index in [0.717, 1.165) is 54.0 Å². The third-order valence-electron chi connectivity index (χ3n) is 4.65. The second-order valence-corrected chi connectivity index (χ2v) is 7.11. The van der Waals surface area contributed by atoms with E-state index in [9.17, 15) is 0 Å². The van der Waals surface area contributed by atoms with Crippen molar-refractivity contribution in [2.45, 2.75) is 65.6 Å². The average molecular weight is 376 g/mol. The van der Waals surface area contributed by atoms with E-state index < -0.39 is 0 Å². The molecule has 1 fully saturated rings. The second-order valence-electron chi connectivity index (χ2n) is 7.11. The quantitative estimate of drug-likeness (QED) is 0.347. The van der Waals surface area contributed by atoms with E-state index in [2.05, 4.69) is 19.0 Å². The number of aryl methyl sites for hydroxylation is 2. The fourth-order valence-electron chi connectivity index (χ4n) is 3.37. The Labute approximate surface area is 163 Å². The van der Waals surface area contributed by atoms with Gasteiger partial charge in [0.25, 0.3) is 0 Å². The lowest BCUT2D eigenvalue weighted by Crippen LogP contribution is -2.31. The molecule has 0 aromatic heterocycles. The zero-order valence-electron chi connectivity index (χ0n) is 17.3. The van der Waals surface area contributed by atoms with Gasteiger partial charge in [0.2, 0.25) is 0 Å². The minimum Gasteiger partial charge on any atom is -0.490 e. The van der Waals surface area contributed by atoms with E-state index in [1.165, 1.54) is 0 Å². The number of hydrogen-bond donors (Lipinski definition) is 0. The van der Waals surface area contributed by atoms with E-state index in [0.29, 0.717) is 13.2 Å². The molecule has 0 bridgehead atoms. The van der Waals surface area contributed by atoms with Gasteiger partial charge in [-0.25, -0.2) is 0 Å². The van der Waals surface area contributed by atoms with Crippen LogP contribution in [0.5, 0.6) is 11.5 Å². The SMILES string of the molecule is C/C=C/COc1cc(C)c(OC2CCCC(OC/C(C)=N\OC)C2)c(C)c1. The second kappa shape index (κ2) is 11.0. The van der Waals surface area contributed by atoms with Crippen molar-refractivity contribution in [2.75, 3.05) is 20.3 Å². The fourth-order valence-corrected chi connectivity index (χ4v) is 3.37. The van der Waals surface area contributed by atoms with E-state index >= 15 is 0 Å². The van der Waals surface area contributed by atoms with Crippen LogP contribution in [0.2, 0.25) is 0 Å². The van der Waals surface area contributed by atoms with Gasteiger partial charge < -0.3 is 19.0 Å². The van der Waals surface area contributed by atoms with Crippen LogP contribution in [0.25, 0.3) is 0 Å². The van der Waals surface area contributed by atoms with Crippen molar-refractivity contribution in [1.82, 2.24) is 0 Å². The normalized spacial score (nSPS) is 20.7. The summed E-state index contributed by atoms with van der Waals surface area (Å²) >= 11 is 0. The highest BCUT2D eigenvalue weighted by molar-refractivity contribution is 5.82. The standard InChI is InChI=1S/C22H33NO4/c1-6-7-11-25-21-12-16(2)22(17(3)13-21)27-20-10-8-9-19(14-20)26-15-18(4)23-24-5/h6-7,12-13,19-20H,8-11,14-15H2,1-5H3/b7-6+,23-18-. The van der Waals surface area contributed by atoms with Crippen molar-refractivity contribution in [3.05, 3.63) is 35.4 Å². The molecule has 0 N–H and O–H groups in total. The van der Waals surface area contributed by atoms with Crippen molar-refractivity contribution in [3.8, 4) is 11.5 Å². The molecule has 0 radical (unpaired) electrons. The number of rotatable bonds is 9. The number of ether oxygens (including phenoxy) is 3. The van der Waals surface area contributed by atoms with Gasteiger partial charge >= 0.3 is 0 Å². The average Bonchev–Trinajstić information content (AvgIpc) is 2.64. The van der Waals surface area contributed by atoms with Gasteiger partial charge in [-0.15, -0.1) is 0 Å². The van der Waals surface area contributed by atoms with Crippen LogP contribution in [0.4, 0.5) is 0 Å². The van der Waals surface area contributed by atoms with Gasteiger partial charge in [0, 0.05) is 6.42 Å². The van der Waals surface area contributed by atoms with Crippen LogP contribution in [0.15, 0.2) is 29.4 Å². The Kier molecular flexibility index (Phi) is 8.65. The summed E-state index contributed by atoms with van der Waals surface area (Å²) in [6.45, 7) is 9.14. The molecule has 2 rings (SSSR count). The van der Waals surface area contributed by atoms with E-state index in [1.807, 2.05) is 38.1 Å². The Morgan fingerprint density at radius 1 is 1.19 bits per heavy atom. The molecule has 1 aromatic carbocycles. The van der Waals surface area contributed by atoms with Gasteiger partial charge in [-0.1, -0.05) is 17.3 Å². The molecule has 1 saturated carbocycles. The van der Waals surface area contributed by atoms with Gasteiger partial charge in [0.15, 0.2) is 0 Å². The van der Waals surface area contributed by atoms with Crippen LogP contribution in [-0.4, -0.2) is 38.2 Å². The molecule has 27 heavy (non-hydrogen) atoms. The molecule has 0 saturated heterocycles. The number of nitrogens with zero attached hydrogens (tertiary/aromatic N) is 1. The van der Waals surface area contributed by atoms with Gasteiger partial charge in [0.05, 0.1) is 18.4 Å². The predicted molar refractivity (Wildman–Crippen MR) is 109 cm³/mol. The lowest BCUT2D eigenvalue weighted by molar-refractivity contribution is 0.00792. The highest BCUT2D eigenvalue weighted by atomic mass is 16.6. The van der Waals surface area contributed by atoms with Crippen molar-refractivity contribution >= 4 is 5.71 Å². The van der Waals surface area contributed by atoms with Crippen LogP contribution < -0.4 is 9.47 Å². The van der Waals surface area contributed by atoms with Crippen molar-refractivity contribution in [3.63, 3.8) is 0 Å². The van der Waals surface area contributed by atoms with Crippen LogP contribution in [0.1, 0.15) is 50.7 Å². The smallest absolute Gasteiger partial charge is 0.125 e. The summed E-state index contributed by atoms with van der Waals surface area (Å²) in [4.78, 5) is 4.78. The van der Waals surface area contributed by atoms with Crippen LogP contribution in [0.3, 0.4) is 0 Å². The van der Waals surface area contributed by atoms with Crippen molar-refractivity contribution in [1.29, 1.82) is 0 Å². The Morgan fingerprint density at radius 2 is 1.89 bits per heavy atom. The summed E-state index contributed by atoms with van der Waals surface area (Å²) < 4.78 is 18.1. The molecule has 0 amide bonds. The lowest BCUT2D eigenvalue weighted by atomic mass is 9.94. The molecule has 150 valence electrons. The molecule has 2 unspecified atom stereocenters. The maximum atomic E-state index is 6.38. The third-order valence-corrected chi connectivity index (χ3v) is 4.65. The first-order valence-electron chi connectivity index (χ1n) is 9.73. The molecular weight excluding hydrogens is 342 g/mol. The maximum Gasteiger partial charge on any atom is 0.125 e. The van der Waals surface area contributed by atoms with Gasteiger partial charge in [0.1, 0.15) is 31.3 Å². The van der Waals surface area contributed by atoms with Crippen molar-refractivity contribution in [2.24, 2.45) is 5.16 Å². The molecule has 0 heterocycles. The molecule has 0 spiro atoms. The first kappa shape index (κ1) is 21.3. The zero-order valence-corrected chi connectivity index (χ0v) is 17.3. The molecule has 1 aromatic rings. The molecule has 1 aliphatic carbocycles. The van der Waals surface area contributed by atoms with Gasteiger partial charge in [-0.05, 0) is 70.2 Å². The van der Waals surface area contributed by atoms with Gasteiger partial charge in [-0.2, -0.15) is 0 Å². The topological polar surface area (TPSA) is 49.3 Å². The molecule has 5 nitrogen and oxygen atoms in total. The Morgan fingerprint density at radius 3 is 2.56 bits per heavy atom. The first-order chi connectivity index (χ1) is 13.0. The van der Waals surface area contributed by atoms with Crippen LogP contribution in [-0.2, 0) is 9.57 Å². The lowest BCUT2D eigenvalue weighted by Gasteiger charge is -2.30. The number of benzene rings is 1. The number of oxime groups is 1.